The Bertz CT molecular complexity index is 358. The molecule has 1 unspecified atom stereocenters. The largest absolute Gasteiger partial charge is 0.274 e. The molecule has 0 N–H and O–H groups in total. The van der Waals surface area contributed by atoms with Gasteiger partial charge in [0, 0.05) is 6.42 Å². The third-order valence-electron chi connectivity index (χ3n) is 1.98. The number of carbonyl (C=O) groups excluding carboxylic acids is 2. The molecule has 80 valence electrons. The number of hydrogen-bond donors (Lipinski definition) is 0. The van der Waals surface area contributed by atoms with Crippen LogP contribution in [0.5, 0.6) is 0 Å². The van der Waals surface area contributed by atoms with Crippen LogP contribution in [0.4, 0.5) is 0 Å². The molecule has 1 aliphatic heterocycles. The van der Waals surface area contributed by atoms with Gasteiger partial charge in [-0.15, -0.1) is 0 Å². The van der Waals surface area contributed by atoms with Gasteiger partial charge in [0.2, 0.25) is 11.8 Å². The van der Waals surface area contributed by atoms with Crippen molar-refractivity contribution >= 4 is 34.4 Å². The van der Waals surface area contributed by atoms with E-state index in [1.54, 1.807) is 24.3 Å². The van der Waals surface area contributed by atoms with E-state index in [-0.39, 0.29) is 22.2 Å². The molecule has 0 aliphatic carbocycles. The SMILES string of the molecule is C=C/C=C(\C=C/C)N1C(=O)CC(I)C1=O. The molecule has 2 amide bonds. The summed E-state index contributed by atoms with van der Waals surface area (Å²) in [5.41, 5.74) is 0.585. The van der Waals surface area contributed by atoms with E-state index < -0.39 is 0 Å². The molecule has 4 heteroatoms. The van der Waals surface area contributed by atoms with Gasteiger partial charge in [0.1, 0.15) is 0 Å². The predicted molar refractivity (Wildman–Crippen MR) is 67.4 cm³/mol. The molecule has 3 nitrogen and oxygen atoms in total. The molecular weight excluding hydrogens is 305 g/mol. The summed E-state index contributed by atoms with van der Waals surface area (Å²) in [7, 11) is 0. The number of allylic oxidation sites excluding steroid dienone is 4. The van der Waals surface area contributed by atoms with Crippen LogP contribution in [0.3, 0.4) is 0 Å². The third-order valence-corrected chi connectivity index (χ3v) is 2.95. The Hall–Kier alpha value is -0.910. The summed E-state index contributed by atoms with van der Waals surface area (Å²) in [6.07, 6.45) is 7.02. The first-order valence-corrected chi connectivity index (χ1v) is 5.82. The molecule has 0 saturated carbocycles. The summed E-state index contributed by atoms with van der Waals surface area (Å²) >= 11 is 1.99. The first-order valence-electron chi connectivity index (χ1n) is 4.58. The maximum absolute atomic E-state index is 11.7. The number of carbonyl (C=O) groups is 2. The van der Waals surface area contributed by atoms with E-state index in [0.29, 0.717) is 5.70 Å². The quantitative estimate of drug-likeness (QED) is 0.346. The molecule has 1 heterocycles. The number of imide groups is 1. The van der Waals surface area contributed by atoms with Crippen molar-refractivity contribution in [2.45, 2.75) is 17.3 Å². The van der Waals surface area contributed by atoms with Crippen LogP contribution >= 0.6 is 22.6 Å². The van der Waals surface area contributed by atoms with Gasteiger partial charge < -0.3 is 0 Å². The normalized spacial score (nSPS) is 22.9. The summed E-state index contributed by atoms with van der Waals surface area (Å²) < 4.78 is -0.242. The molecule has 1 rings (SSSR count). The maximum Gasteiger partial charge on any atom is 0.247 e. The Balaban J connectivity index is 3.04. The number of hydrogen-bond acceptors (Lipinski definition) is 2. The second kappa shape index (κ2) is 5.25. The zero-order valence-corrected chi connectivity index (χ0v) is 10.6. The van der Waals surface area contributed by atoms with Gasteiger partial charge in [0.15, 0.2) is 0 Å². The molecule has 1 fully saturated rings. The summed E-state index contributed by atoms with van der Waals surface area (Å²) in [4.78, 5) is 24.5. The molecule has 0 aromatic rings. The highest BCUT2D eigenvalue weighted by atomic mass is 127. The average molecular weight is 317 g/mol. The summed E-state index contributed by atoms with van der Waals surface area (Å²) in [6.45, 7) is 5.40. The Morgan fingerprint density at radius 1 is 1.60 bits per heavy atom. The van der Waals surface area contributed by atoms with Crippen LogP contribution < -0.4 is 0 Å². The van der Waals surface area contributed by atoms with Gasteiger partial charge in [-0.2, -0.15) is 0 Å². The fraction of sp³-hybridized carbons (Fsp3) is 0.273. The lowest BCUT2D eigenvalue weighted by atomic mass is 10.3. The van der Waals surface area contributed by atoms with E-state index in [9.17, 15) is 9.59 Å². The van der Waals surface area contributed by atoms with Crippen molar-refractivity contribution in [1.29, 1.82) is 0 Å². The summed E-state index contributed by atoms with van der Waals surface area (Å²) in [6, 6.07) is 0. The van der Waals surface area contributed by atoms with Crippen LogP contribution in [0, 0.1) is 0 Å². The predicted octanol–water partition coefficient (Wildman–Crippen LogP) is 2.19. The minimum atomic E-state index is -0.242. The highest BCUT2D eigenvalue weighted by Gasteiger charge is 2.37. The number of alkyl halides is 1. The van der Waals surface area contributed by atoms with Gasteiger partial charge in [-0.1, -0.05) is 41.3 Å². The van der Waals surface area contributed by atoms with E-state index >= 15 is 0 Å². The van der Waals surface area contributed by atoms with Crippen LogP contribution in [0.2, 0.25) is 0 Å². The minimum absolute atomic E-state index is 0.146. The third kappa shape index (κ3) is 2.56. The number of rotatable bonds is 3. The van der Waals surface area contributed by atoms with Crippen molar-refractivity contribution in [2.24, 2.45) is 0 Å². The zero-order valence-electron chi connectivity index (χ0n) is 8.44. The molecule has 15 heavy (non-hydrogen) atoms. The maximum atomic E-state index is 11.7. The summed E-state index contributed by atoms with van der Waals surface area (Å²) in [5, 5.41) is 0. The lowest BCUT2D eigenvalue weighted by Crippen LogP contribution is -2.29. The second-order valence-corrected chi connectivity index (χ2v) is 4.57. The zero-order chi connectivity index (χ0) is 11.4. The van der Waals surface area contributed by atoms with Gasteiger partial charge in [-0.3, -0.25) is 9.59 Å². The van der Waals surface area contributed by atoms with E-state index in [1.807, 2.05) is 29.5 Å². The molecule has 1 aliphatic rings. The Morgan fingerprint density at radius 3 is 2.67 bits per heavy atom. The van der Waals surface area contributed by atoms with Gasteiger partial charge in [-0.05, 0) is 19.1 Å². The van der Waals surface area contributed by atoms with Crippen LogP contribution in [-0.4, -0.2) is 20.6 Å². The van der Waals surface area contributed by atoms with E-state index in [4.69, 9.17) is 0 Å². The van der Waals surface area contributed by atoms with Crippen LogP contribution in [0.25, 0.3) is 0 Å². The van der Waals surface area contributed by atoms with Crippen LogP contribution in [0.1, 0.15) is 13.3 Å². The lowest BCUT2D eigenvalue weighted by molar-refractivity contribution is -0.135. The minimum Gasteiger partial charge on any atom is -0.274 e. The fourth-order valence-corrected chi connectivity index (χ4v) is 2.02. The number of nitrogens with zero attached hydrogens (tertiary/aromatic N) is 1. The van der Waals surface area contributed by atoms with Gasteiger partial charge in [0.25, 0.3) is 0 Å². The van der Waals surface area contributed by atoms with Crippen molar-refractivity contribution in [3.05, 3.63) is 36.6 Å². The smallest absolute Gasteiger partial charge is 0.247 e. The molecule has 0 spiro atoms. The molecular formula is C11H12INO2. The molecule has 0 aromatic carbocycles. The Morgan fingerprint density at radius 2 is 2.27 bits per heavy atom. The fourth-order valence-electron chi connectivity index (χ4n) is 1.36. The molecule has 0 radical (unpaired) electrons. The van der Waals surface area contributed by atoms with E-state index in [0.717, 1.165) is 0 Å². The molecule has 1 atom stereocenters. The standard InChI is InChI=1S/C11H12INO2/c1-3-5-8(6-4-2)13-10(14)7-9(12)11(13)15/h3-6,9H,1,7H2,2H3/b6-4-,8-5+. The summed E-state index contributed by atoms with van der Waals surface area (Å²) in [5.74, 6) is -0.294. The highest BCUT2D eigenvalue weighted by molar-refractivity contribution is 14.1. The topological polar surface area (TPSA) is 37.4 Å². The number of halogens is 1. The van der Waals surface area contributed by atoms with Gasteiger partial charge in [0.05, 0.1) is 9.62 Å². The number of amides is 2. The van der Waals surface area contributed by atoms with E-state index in [1.165, 1.54) is 4.90 Å². The highest BCUT2D eigenvalue weighted by Crippen LogP contribution is 2.24. The Kier molecular flexibility index (Phi) is 4.26. The van der Waals surface area contributed by atoms with Crippen molar-refractivity contribution < 1.29 is 9.59 Å². The van der Waals surface area contributed by atoms with Gasteiger partial charge in [-0.25, -0.2) is 4.90 Å². The van der Waals surface area contributed by atoms with Crippen molar-refractivity contribution in [1.82, 2.24) is 4.90 Å². The first kappa shape index (κ1) is 12.2. The molecule has 0 aromatic heterocycles. The lowest BCUT2D eigenvalue weighted by Gasteiger charge is -2.14. The van der Waals surface area contributed by atoms with E-state index in [2.05, 4.69) is 6.58 Å². The molecule has 0 bridgehead atoms. The van der Waals surface area contributed by atoms with Gasteiger partial charge >= 0.3 is 0 Å². The first-order chi connectivity index (χ1) is 7.11. The Labute approximate surface area is 103 Å². The van der Waals surface area contributed by atoms with Crippen molar-refractivity contribution in [2.75, 3.05) is 0 Å². The van der Waals surface area contributed by atoms with Crippen LogP contribution in [-0.2, 0) is 9.59 Å². The second-order valence-electron chi connectivity index (χ2n) is 3.07. The van der Waals surface area contributed by atoms with Crippen LogP contribution in [0.15, 0.2) is 36.6 Å². The van der Waals surface area contributed by atoms with Crippen molar-refractivity contribution in [3.63, 3.8) is 0 Å². The monoisotopic (exact) mass is 317 g/mol. The number of likely N-dealkylation sites (tertiary alicyclic amines) is 1. The van der Waals surface area contributed by atoms with Crippen molar-refractivity contribution in [3.8, 4) is 0 Å². The average Bonchev–Trinajstić information content (AvgIpc) is 2.41. The molecule has 1 saturated heterocycles.